The van der Waals surface area contributed by atoms with Crippen molar-refractivity contribution in [2.24, 2.45) is 11.8 Å². The third-order valence-electron chi connectivity index (χ3n) is 5.18. The summed E-state index contributed by atoms with van der Waals surface area (Å²) in [5.74, 6) is 0.672. The number of likely N-dealkylation sites (tertiary alicyclic amines) is 1. The van der Waals surface area contributed by atoms with Crippen molar-refractivity contribution in [2.45, 2.75) is 58.0 Å². The van der Waals surface area contributed by atoms with Gasteiger partial charge in [0.15, 0.2) is 0 Å². The summed E-state index contributed by atoms with van der Waals surface area (Å²) < 4.78 is 1.54. The summed E-state index contributed by atoms with van der Waals surface area (Å²) in [5, 5.41) is 14.3. The van der Waals surface area contributed by atoms with Gasteiger partial charge in [-0.15, -0.1) is 5.10 Å². The number of hydrogen-bond acceptors (Lipinski definition) is 5. The van der Waals surface area contributed by atoms with Gasteiger partial charge in [-0.3, -0.25) is 9.59 Å². The van der Waals surface area contributed by atoms with E-state index in [-0.39, 0.29) is 23.8 Å². The molecule has 2 fully saturated rings. The van der Waals surface area contributed by atoms with Crippen LogP contribution in [0.3, 0.4) is 0 Å². The van der Waals surface area contributed by atoms with Gasteiger partial charge in [-0.05, 0) is 42.0 Å². The van der Waals surface area contributed by atoms with E-state index in [1.165, 1.54) is 11.0 Å². The molecule has 1 saturated heterocycles. The van der Waals surface area contributed by atoms with Crippen LogP contribution in [0.2, 0.25) is 0 Å². The largest absolute Gasteiger partial charge is 0.351 e. The lowest BCUT2D eigenvalue weighted by Crippen LogP contribution is -2.49. The first-order chi connectivity index (χ1) is 11.6. The Kier molecular flexibility index (Phi) is 5.11. The number of carbonyl (C=O) groups excluding carboxylic acids is 2. The third-order valence-corrected chi connectivity index (χ3v) is 5.18. The predicted octanol–water partition coefficient (Wildman–Crippen LogP) is 0.778. The van der Waals surface area contributed by atoms with Gasteiger partial charge >= 0.3 is 0 Å². The first kappa shape index (κ1) is 16.9. The van der Waals surface area contributed by atoms with E-state index in [9.17, 15) is 9.59 Å². The molecule has 2 atom stereocenters. The number of rotatable bonds is 6. The Morgan fingerprint density at radius 1 is 1.25 bits per heavy atom. The summed E-state index contributed by atoms with van der Waals surface area (Å²) in [6, 6.07) is -0.278. The number of nitrogens with one attached hydrogen (secondary N) is 1. The molecular formula is C16H26N6O2. The van der Waals surface area contributed by atoms with Crippen molar-refractivity contribution in [3.63, 3.8) is 0 Å². The van der Waals surface area contributed by atoms with Crippen LogP contribution in [0.15, 0.2) is 6.33 Å². The quantitative estimate of drug-likeness (QED) is 0.830. The number of tetrazole rings is 1. The molecule has 132 valence electrons. The number of hydrogen-bond donors (Lipinski definition) is 1. The number of carbonyl (C=O) groups is 2. The van der Waals surface area contributed by atoms with Crippen LogP contribution in [0.5, 0.6) is 0 Å². The minimum atomic E-state index is -0.392. The van der Waals surface area contributed by atoms with Gasteiger partial charge in [0.2, 0.25) is 11.8 Å². The molecule has 3 rings (SSSR count). The van der Waals surface area contributed by atoms with E-state index < -0.39 is 6.04 Å². The van der Waals surface area contributed by atoms with Gasteiger partial charge in [0.25, 0.3) is 0 Å². The lowest BCUT2D eigenvalue weighted by atomic mass is 9.97. The second-order valence-corrected chi connectivity index (χ2v) is 7.00. The second-order valence-electron chi connectivity index (χ2n) is 7.00. The molecule has 8 nitrogen and oxygen atoms in total. The molecule has 1 saturated carbocycles. The van der Waals surface area contributed by atoms with Crippen molar-refractivity contribution in [1.82, 2.24) is 30.4 Å². The molecule has 1 N–H and O–H groups in total. The van der Waals surface area contributed by atoms with Gasteiger partial charge in [0.05, 0.1) is 0 Å². The van der Waals surface area contributed by atoms with Gasteiger partial charge in [-0.1, -0.05) is 20.3 Å². The zero-order chi connectivity index (χ0) is 17.1. The summed E-state index contributed by atoms with van der Waals surface area (Å²) in [6.45, 7) is 5.55. The highest BCUT2D eigenvalue weighted by Gasteiger charge is 2.36. The van der Waals surface area contributed by atoms with Crippen molar-refractivity contribution in [2.75, 3.05) is 13.1 Å². The number of amides is 2. The number of aromatic nitrogens is 4. The van der Waals surface area contributed by atoms with Crippen LogP contribution in [0.25, 0.3) is 0 Å². The standard InChI is InChI=1S/C16H26N6O2/c1-3-11(2)14(22-10-17-19-20-22)15(23)18-13-6-8-21(9-7-13)16(24)12-4-5-12/h10-14H,3-9H2,1-2H3,(H,18,23). The normalized spacial score (nSPS) is 21.3. The van der Waals surface area contributed by atoms with Crippen LogP contribution < -0.4 is 5.32 Å². The Bertz CT molecular complexity index is 563. The summed E-state index contributed by atoms with van der Waals surface area (Å²) in [5.41, 5.74) is 0. The van der Waals surface area contributed by atoms with Gasteiger partial charge in [0, 0.05) is 25.0 Å². The molecule has 24 heavy (non-hydrogen) atoms. The topological polar surface area (TPSA) is 93.0 Å². The molecule has 2 heterocycles. The first-order valence-electron chi connectivity index (χ1n) is 8.91. The first-order valence-corrected chi connectivity index (χ1v) is 8.91. The average Bonchev–Trinajstić information content (AvgIpc) is 3.31. The van der Waals surface area contributed by atoms with Crippen molar-refractivity contribution < 1.29 is 9.59 Å². The van der Waals surface area contributed by atoms with Crippen LogP contribution >= 0.6 is 0 Å². The molecule has 0 radical (unpaired) electrons. The SMILES string of the molecule is CCC(C)C(C(=O)NC1CCN(C(=O)C2CC2)CC1)n1cnnn1. The molecule has 2 unspecified atom stereocenters. The fraction of sp³-hybridized carbons (Fsp3) is 0.812. The lowest BCUT2D eigenvalue weighted by molar-refractivity contribution is -0.133. The maximum atomic E-state index is 12.7. The molecule has 2 amide bonds. The smallest absolute Gasteiger partial charge is 0.245 e. The van der Waals surface area contributed by atoms with Crippen LogP contribution in [0.1, 0.15) is 52.0 Å². The minimum Gasteiger partial charge on any atom is -0.351 e. The van der Waals surface area contributed by atoms with Gasteiger partial charge in [-0.2, -0.15) is 0 Å². The van der Waals surface area contributed by atoms with Crippen LogP contribution in [0.4, 0.5) is 0 Å². The molecule has 1 aliphatic heterocycles. The van der Waals surface area contributed by atoms with E-state index in [1.807, 2.05) is 11.8 Å². The Labute approximate surface area is 142 Å². The van der Waals surface area contributed by atoms with E-state index in [0.29, 0.717) is 5.91 Å². The average molecular weight is 334 g/mol. The highest BCUT2D eigenvalue weighted by Crippen LogP contribution is 2.32. The molecule has 1 aromatic rings. The Balaban J connectivity index is 1.55. The third kappa shape index (κ3) is 3.73. The number of piperidine rings is 1. The molecule has 1 aromatic heterocycles. The molecule has 0 bridgehead atoms. The Morgan fingerprint density at radius 3 is 2.50 bits per heavy atom. The van der Waals surface area contributed by atoms with Crippen molar-refractivity contribution in [1.29, 1.82) is 0 Å². The maximum absolute atomic E-state index is 12.7. The van der Waals surface area contributed by atoms with Crippen LogP contribution in [0, 0.1) is 11.8 Å². The molecule has 8 heteroatoms. The number of nitrogens with zero attached hydrogens (tertiary/aromatic N) is 5. The summed E-state index contributed by atoms with van der Waals surface area (Å²) in [6.07, 6.45) is 6.07. The monoisotopic (exact) mass is 334 g/mol. The zero-order valence-electron chi connectivity index (χ0n) is 14.4. The second kappa shape index (κ2) is 7.27. The predicted molar refractivity (Wildman–Crippen MR) is 86.8 cm³/mol. The fourth-order valence-electron chi connectivity index (χ4n) is 3.28. The van der Waals surface area contributed by atoms with E-state index >= 15 is 0 Å². The lowest BCUT2D eigenvalue weighted by Gasteiger charge is -2.33. The Morgan fingerprint density at radius 2 is 1.96 bits per heavy atom. The summed E-state index contributed by atoms with van der Waals surface area (Å²) in [7, 11) is 0. The van der Waals surface area contributed by atoms with Crippen molar-refractivity contribution >= 4 is 11.8 Å². The highest BCUT2D eigenvalue weighted by atomic mass is 16.2. The minimum absolute atomic E-state index is 0.0383. The van der Waals surface area contributed by atoms with Gasteiger partial charge < -0.3 is 10.2 Å². The molecule has 0 spiro atoms. The summed E-state index contributed by atoms with van der Waals surface area (Å²) in [4.78, 5) is 26.8. The van der Waals surface area contributed by atoms with E-state index in [4.69, 9.17) is 0 Å². The zero-order valence-corrected chi connectivity index (χ0v) is 14.4. The van der Waals surface area contributed by atoms with E-state index in [0.717, 1.165) is 45.2 Å². The highest BCUT2D eigenvalue weighted by molar-refractivity contribution is 5.82. The Hall–Kier alpha value is -1.99. The summed E-state index contributed by atoms with van der Waals surface area (Å²) >= 11 is 0. The van der Waals surface area contributed by atoms with Gasteiger partial charge in [0.1, 0.15) is 12.4 Å². The van der Waals surface area contributed by atoms with Crippen LogP contribution in [-0.4, -0.2) is 56.1 Å². The molecular weight excluding hydrogens is 308 g/mol. The molecule has 2 aliphatic rings. The van der Waals surface area contributed by atoms with E-state index in [1.54, 1.807) is 0 Å². The van der Waals surface area contributed by atoms with Crippen LogP contribution in [-0.2, 0) is 9.59 Å². The van der Waals surface area contributed by atoms with Crippen molar-refractivity contribution in [3.05, 3.63) is 6.33 Å². The maximum Gasteiger partial charge on any atom is 0.245 e. The fourth-order valence-corrected chi connectivity index (χ4v) is 3.28. The van der Waals surface area contributed by atoms with E-state index in [2.05, 4.69) is 27.8 Å². The van der Waals surface area contributed by atoms with Crippen molar-refractivity contribution in [3.8, 4) is 0 Å². The molecule has 0 aromatic carbocycles. The molecule has 1 aliphatic carbocycles. The van der Waals surface area contributed by atoms with Gasteiger partial charge in [-0.25, -0.2) is 4.68 Å².